The zero-order valence-electron chi connectivity index (χ0n) is 12.4. The average molecular weight is 400 g/mol. The van der Waals surface area contributed by atoms with Gasteiger partial charge in [0.05, 0.1) is 11.1 Å². The van der Waals surface area contributed by atoms with E-state index in [1.807, 2.05) is 0 Å². The molecule has 0 radical (unpaired) electrons. The molecule has 0 atom stereocenters. The summed E-state index contributed by atoms with van der Waals surface area (Å²) in [5.74, 6) is -4.50. The number of rotatable bonds is 2. The lowest BCUT2D eigenvalue weighted by Crippen LogP contribution is -2.22. The molecule has 0 unspecified atom stereocenters. The van der Waals surface area contributed by atoms with Crippen LogP contribution in [0.4, 0.5) is 0 Å². The Kier molecular flexibility index (Phi) is 3.70. The van der Waals surface area contributed by atoms with Crippen LogP contribution in [0.2, 0.25) is 0 Å². The van der Waals surface area contributed by atoms with Gasteiger partial charge in [0.2, 0.25) is 0 Å². The smallest absolute Gasteiger partial charge is 0.298 e. The lowest BCUT2D eigenvalue weighted by molar-refractivity contribution is 0.0973. The van der Waals surface area contributed by atoms with Crippen LogP contribution in [-0.4, -0.2) is 47.7 Å². The number of ketones is 2. The first kappa shape index (κ1) is 18.0. The van der Waals surface area contributed by atoms with E-state index in [9.17, 15) is 36.6 Å². The Balaban J connectivity index is 2.38. The van der Waals surface area contributed by atoms with Gasteiger partial charge in [0.15, 0.2) is 11.6 Å². The highest BCUT2D eigenvalue weighted by molar-refractivity contribution is 7.86. The van der Waals surface area contributed by atoms with Crippen molar-refractivity contribution in [2.24, 2.45) is 0 Å². The van der Waals surface area contributed by atoms with E-state index >= 15 is 0 Å². The monoisotopic (exact) mass is 400 g/mol. The summed E-state index contributed by atoms with van der Waals surface area (Å²) in [6.45, 7) is 0. The van der Waals surface area contributed by atoms with Gasteiger partial charge >= 0.3 is 0 Å². The van der Waals surface area contributed by atoms with E-state index in [4.69, 9.17) is 9.11 Å². The lowest BCUT2D eigenvalue weighted by atomic mass is 9.83. The zero-order valence-corrected chi connectivity index (χ0v) is 14.0. The Labute approximate surface area is 145 Å². The van der Waals surface area contributed by atoms with Crippen molar-refractivity contribution in [1.82, 2.24) is 0 Å². The molecule has 1 aliphatic rings. The molecule has 2 aromatic carbocycles. The molecule has 3 rings (SSSR count). The van der Waals surface area contributed by atoms with Crippen LogP contribution in [0.15, 0.2) is 34.1 Å². The van der Waals surface area contributed by atoms with Crippen LogP contribution < -0.4 is 0 Å². The van der Waals surface area contributed by atoms with Gasteiger partial charge in [-0.3, -0.25) is 18.7 Å². The first-order chi connectivity index (χ1) is 11.9. The Morgan fingerprint density at radius 2 is 0.923 bits per heavy atom. The summed E-state index contributed by atoms with van der Waals surface area (Å²) in [6.07, 6.45) is 0. The van der Waals surface area contributed by atoms with Crippen LogP contribution in [0.3, 0.4) is 0 Å². The number of hydrogen-bond donors (Lipinski definition) is 4. The molecular weight excluding hydrogens is 392 g/mol. The van der Waals surface area contributed by atoms with Crippen LogP contribution in [0.25, 0.3) is 0 Å². The highest BCUT2D eigenvalue weighted by Gasteiger charge is 2.38. The van der Waals surface area contributed by atoms with Crippen LogP contribution in [-0.2, 0) is 20.2 Å². The van der Waals surface area contributed by atoms with Gasteiger partial charge < -0.3 is 10.2 Å². The van der Waals surface area contributed by atoms with E-state index in [1.165, 1.54) is 0 Å². The second kappa shape index (κ2) is 5.35. The average Bonchev–Trinajstić information content (AvgIpc) is 2.49. The van der Waals surface area contributed by atoms with Gasteiger partial charge in [-0.15, -0.1) is 0 Å². The van der Waals surface area contributed by atoms with Crippen LogP contribution >= 0.6 is 0 Å². The number of phenols is 2. The quantitative estimate of drug-likeness (QED) is 0.438. The van der Waals surface area contributed by atoms with Crippen molar-refractivity contribution in [2.75, 3.05) is 0 Å². The zero-order chi connectivity index (χ0) is 19.6. The first-order valence-electron chi connectivity index (χ1n) is 6.62. The Hall–Kier alpha value is -2.80. The molecule has 0 bridgehead atoms. The molecule has 0 saturated heterocycles. The summed E-state index contributed by atoms with van der Waals surface area (Å²) in [6, 6.07) is 2.98. The topological polar surface area (TPSA) is 183 Å². The summed E-state index contributed by atoms with van der Waals surface area (Å²) in [5.41, 5.74) is -2.49. The SMILES string of the molecule is O=C1c2ccc(S(=O)(=O)O)c(O)c2C(=O)c2ccc(S(=O)(=O)O)c(O)c21. The largest absolute Gasteiger partial charge is 0.506 e. The summed E-state index contributed by atoms with van der Waals surface area (Å²) in [5, 5.41) is 20.1. The minimum absolute atomic E-state index is 0.518. The third-order valence-corrected chi connectivity index (χ3v) is 5.55. The minimum atomic E-state index is -4.89. The molecule has 4 N–H and O–H groups in total. The van der Waals surface area contributed by atoms with Crippen molar-refractivity contribution >= 4 is 31.8 Å². The maximum Gasteiger partial charge on any atom is 0.298 e. The van der Waals surface area contributed by atoms with E-state index in [0.717, 1.165) is 12.1 Å². The first-order valence-corrected chi connectivity index (χ1v) is 9.50. The number of carbonyl (C=O) groups is 2. The van der Waals surface area contributed by atoms with Crippen LogP contribution in [0.1, 0.15) is 31.8 Å². The number of fused-ring (bicyclic) bond motifs is 2. The maximum absolute atomic E-state index is 12.6. The number of hydrogen-bond acceptors (Lipinski definition) is 8. The van der Waals surface area contributed by atoms with E-state index in [1.54, 1.807) is 0 Å². The molecule has 0 fully saturated rings. The number of carbonyl (C=O) groups excluding carboxylic acids is 2. The molecule has 26 heavy (non-hydrogen) atoms. The molecule has 0 aliphatic heterocycles. The third kappa shape index (κ3) is 2.47. The lowest BCUT2D eigenvalue weighted by Gasteiger charge is -2.20. The van der Waals surface area contributed by atoms with Crippen LogP contribution in [0.5, 0.6) is 11.5 Å². The molecule has 2 aromatic rings. The van der Waals surface area contributed by atoms with Gasteiger partial charge in [-0.25, -0.2) is 0 Å². The summed E-state index contributed by atoms with van der Waals surface area (Å²) in [4.78, 5) is 23.1. The number of phenolic OH excluding ortho intramolecular Hbond substituents is 2. The second-order valence-electron chi connectivity index (χ2n) is 5.28. The van der Waals surface area contributed by atoms with Crippen molar-refractivity contribution < 1.29 is 45.7 Å². The van der Waals surface area contributed by atoms with Gasteiger partial charge in [-0.05, 0) is 24.3 Å². The molecule has 1 aliphatic carbocycles. The Morgan fingerprint density at radius 1 is 0.615 bits per heavy atom. The molecule has 0 spiro atoms. The normalized spacial score (nSPS) is 14.1. The Morgan fingerprint density at radius 3 is 1.19 bits per heavy atom. The molecule has 12 heteroatoms. The summed E-state index contributed by atoms with van der Waals surface area (Å²) >= 11 is 0. The minimum Gasteiger partial charge on any atom is -0.506 e. The molecular formula is C14H8O10S2. The summed E-state index contributed by atoms with van der Waals surface area (Å²) < 4.78 is 63.1. The predicted octanol–water partition coefficient (Wildman–Crippen LogP) is 0.367. The molecule has 10 nitrogen and oxygen atoms in total. The maximum atomic E-state index is 12.6. The van der Waals surface area contributed by atoms with E-state index < -0.39 is 75.3 Å². The highest BCUT2D eigenvalue weighted by atomic mass is 32.2. The van der Waals surface area contributed by atoms with Gasteiger partial charge in [0.25, 0.3) is 20.2 Å². The molecule has 0 saturated carbocycles. The van der Waals surface area contributed by atoms with Crippen molar-refractivity contribution in [3.63, 3.8) is 0 Å². The molecule has 0 amide bonds. The third-order valence-electron chi connectivity index (χ3n) is 3.78. The van der Waals surface area contributed by atoms with Crippen molar-refractivity contribution in [3.05, 3.63) is 46.5 Å². The fourth-order valence-corrected chi connectivity index (χ4v) is 3.84. The van der Waals surface area contributed by atoms with Gasteiger partial charge in [-0.1, -0.05) is 0 Å². The standard InChI is InChI=1S/C14H8O10S2/c15-11-5-1-3-7(25(19,20)21)13(17)9(5)12(16)6-2-4-8(26(22,23)24)14(18)10(6)11/h1-4,17-18H,(H,19,20,21)(H,22,23,24). The van der Waals surface area contributed by atoms with Crippen molar-refractivity contribution in [2.45, 2.75) is 9.79 Å². The fraction of sp³-hybridized carbons (Fsp3) is 0. The number of benzene rings is 2. The van der Waals surface area contributed by atoms with E-state index in [0.29, 0.717) is 12.1 Å². The van der Waals surface area contributed by atoms with Gasteiger partial charge in [0, 0.05) is 11.1 Å². The van der Waals surface area contributed by atoms with Crippen LogP contribution in [0, 0.1) is 0 Å². The Bertz CT molecular complexity index is 1130. The van der Waals surface area contributed by atoms with Crippen molar-refractivity contribution in [1.29, 1.82) is 0 Å². The molecule has 136 valence electrons. The summed E-state index contributed by atoms with van der Waals surface area (Å²) in [7, 11) is -9.79. The fourth-order valence-electron chi connectivity index (χ4n) is 2.67. The second-order valence-corrected chi connectivity index (χ2v) is 8.06. The van der Waals surface area contributed by atoms with E-state index in [-0.39, 0.29) is 0 Å². The molecule has 0 heterocycles. The van der Waals surface area contributed by atoms with E-state index in [2.05, 4.69) is 0 Å². The highest BCUT2D eigenvalue weighted by Crippen LogP contribution is 2.41. The van der Waals surface area contributed by atoms with Gasteiger partial charge in [-0.2, -0.15) is 16.8 Å². The molecule has 0 aromatic heterocycles. The predicted molar refractivity (Wildman–Crippen MR) is 82.7 cm³/mol. The van der Waals surface area contributed by atoms with Crippen molar-refractivity contribution in [3.8, 4) is 11.5 Å². The number of aromatic hydroxyl groups is 2. The van der Waals surface area contributed by atoms with Gasteiger partial charge in [0.1, 0.15) is 21.3 Å².